The summed E-state index contributed by atoms with van der Waals surface area (Å²) in [6, 6.07) is 6.52. The Bertz CT molecular complexity index is 669. The molecule has 6 nitrogen and oxygen atoms in total. The van der Waals surface area contributed by atoms with Gasteiger partial charge in [-0.3, -0.25) is 9.59 Å². The van der Waals surface area contributed by atoms with Crippen LogP contribution in [0.3, 0.4) is 0 Å². The average Bonchev–Trinajstić information content (AvgIpc) is 2.67. The van der Waals surface area contributed by atoms with Crippen LogP contribution in [0, 0.1) is 5.82 Å². The quantitative estimate of drug-likeness (QED) is 0.630. The fourth-order valence-corrected chi connectivity index (χ4v) is 4.37. The van der Waals surface area contributed by atoms with E-state index in [9.17, 15) is 14.0 Å². The first-order valence-corrected chi connectivity index (χ1v) is 11.1. The summed E-state index contributed by atoms with van der Waals surface area (Å²) in [5.74, 6) is -0.267. The van der Waals surface area contributed by atoms with Crippen molar-refractivity contribution in [3.63, 3.8) is 0 Å². The van der Waals surface area contributed by atoms with E-state index in [1.165, 1.54) is 57.1 Å². The zero-order valence-electron chi connectivity index (χ0n) is 17.3. The van der Waals surface area contributed by atoms with E-state index >= 15 is 0 Å². The average molecular weight is 407 g/mol. The number of quaternary nitrogens is 2. The van der Waals surface area contributed by atoms with Crippen molar-refractivity contribution in [3.8, 4) is 0 Å². The predicted octanol–water partition coefficient (Wildman–Crippen LogP) is 0.168. The Balaban J connectivity index is 1.34. The number of amides is 2. The predicted molar refractivity (Wildman–Crippen MR) is 110 cm³/mol. The van der Waals surface area contributed by atoms with Crippen LogP contribution in [-0.4, -0.2) is 62.0 Å². The molecule has 0 bridgehead atoms. The van der Waals surface area contributed by atoms with Gasteiger partial charge in [0, 0.05) is 5.69 Å². The van der Waals surface area contributed by atoms with Crippen molar-refractivity contribution in [2.24, 2.45) is 0 Å². The van der Waals surface area contributed by atoms with Crippen molar-refractivity contribution in [3.05, 3.63) is 30.1 Å². The Hall–Kier alpha value is -1.99. The van der Waals surface area contributed by atoms with Gasteiger partial charge in [0.2, 0.25) is 0 Å². The first-order chi connectivity index (χ1) is 14.1. The molecule has 1 heterocycles. The van der Waals surface area contributed by atoms with Crippen LogP contribution < -0.4 is 15.5 Å². The van der Waals surface area contributed by atoms with Crippen LogP contribution in [-0.2, 0) is 9.59 Å². The van der Waals surface area contributed by atoms with Gasteiger partial charge >= 0.3 is 0 Å². The second-order valence-corrected chi connectivity index (χ2v) is 8.41. The van der Waals surface area contributed by atoms with Gasteiger partial charge in [-0.05, 0) is 43.9 Å². The van der Waals surface area contributed by atoms with Gasteiger partial charge in [-0.2, -0.15) is 0 Å². The number of benzene rings is 1. The Morgan fingerprint density at radius 3 is 2.48 bits per heavy atom. The number of piperazine rings is 1. The molecule has 160 valence electrons. The van der Waals surface area contributed by atoms with Crippen LogP contribution in [0.15, 0.2) is 24.3 Å². The standard InChI is InChI=1S/C22H33FN4O2/c23-18-7-6-10-20(15-18)25-21(28)17-26-11-13-27(14-12-26)22(29)16-24-19-8-4-2-1-3-5-9-19/h6-7,10,15,19,24H,1-5,8-9,11-14,16-17H2,(H,25,28)/p+2. The maximum atomic E-state index is 13.2. The Labute approximate surface area is 172 Å². The van der Waals surface area contributed by atoms with Crippen LogP contribution in [0.1, 0.15) is 44.9 Å². The summed E-state index contributed by atoms with van der Waals surface area (Å²) in [4.78, 5) is 27.9. The number of hydrogen-bond donors (Lipinski definition) is 3. The summed E-state index contributed by atoms with van der Waals surface area (Å²) in [6.07, 6.45) is 9.05. The number of rotatable bonds is 6. The highest BCUT2D eigenvalue weighted by molar-refractivity contribution is 5.91. The van der Waals surface area contributed by atoms with Crippen molar-refractivity contribution in [1.82, 2.24) is 4.90 Å². The molecule has 2 amide bonds. The van der Waals surface area contributed by atoms with E-state index in [-0.39, 0.29) is 17.6 Å². The van der Waals surface area contributed by atoms with Crippen LogP contribution in [0.2, 0.25) is 0 Å². The van der Waals surface area contributed by atoms with Crippen molar-refractivity contribution in [2.45, 2.75) is 51.0 Å². The molecule has 1 aliphatic carbocycles. The fraction of sp³-hybridized carbons (Fsp3) is 0.636. The molecule has 0 aromatic heterocycles. The number of halogens is 1. The molecule has 0 spiro atoms. The lowest BCUT2D eigenvalue weighted by Gasteiger charge is -2.31. The lowest BCUT2D eigenvalue weighted by atomic mass is 9.97. The largest absolute Gasteiger partial charge is 0.336 e. The van der Waals surface area contributed by atoms with Gasteiger partial charge in [-0.25, -0.2) is 4.39 Å². The molecule has 2 aliphatic rings. The van der Waals surface area contributed by atoms with Crippen molar-refractivity contribution in [2.75, 3.05) is 44.6 Å². The smallest absolute Gasteiger partial charge is 0.279 e. The number of nitrogens with zero attached hydrogens (tertiary/aromatic N) is 1. The number of nitrogens with one attached hydrogen (secondary N) is 2. The molecule has 1 aromatic carbocycles. The fourth-order valence-electron chi connectivity index (χ4n) is 4.37. The highest BCUT2D eigenvalue weighted by Crippen LogP contribution is 2.15. The number of nitrogens with two attached hydrogens (primary N) is 1. The zero-order valence-corrected chi connectivity index (χ0v) is 17.3. The molecule has 1 aromatic rings. The van der Waals surface area contributed by atoms with Crippen molar-refractivity contribution in [1.29, 1.82) is 0 Å². The molecule has 0 atom stereocenters. The van der Waals surface area contributed by atoms with Gasteiger partial charge in [0.25, 0.3) is 11.8 Å². The number of carbonyl (C=O) groups excluding carboxylic acids is 2. The van der Waals surface area contributed by atoms with E-state index in [4.69, 9.17) is 0 Å². The van der Waals surface area contributed by atoms with Gasteiger partial charge in [0.05, 0.1) is 32.2 Å². The first kappa shape index (κ1) is 21.7. The lowest BCUT2D eigenvalue weighted by Crippen LogP contribution is -3.15. The maximum Gasteiger partial charge on any atom is 0.279 e. The third kappa shape index (κ3) is 7.40. The molecule has 0 unspecified atom stereocenters. The highest BCUT2D eigenvalue weighted by Gasteiger charge is 2.26. The highest BCUT2D eigenvalue weighted by atomic mass is 19.1. The van der Waals surface area contributed by atoms with E-state index in [1.54, 1.807) is 12.1 Å². The molecular formula is C22H35FN4O2+2. The molecule has 1 saturated heterocycles. The molecule has 3 rings (SSSR count). The summed E-state index contributed by atoms with van der Waals surface area (Å²) in [7, 11) is 0. The zero-order chi connectivity index (χ0) is 20.5. The van der Waals surface area contributed by atoms with Crippen LogP contribution in [0.4, 0.5) is 10.1 Å². The molecule has 1 aliphatic heterocycles. The number of carbonyl (C=O) groups is 2. The topological polar surface area (TPSA) is 70.5 Å². The summed E-state index contributed by atoms with van der Waals surface area (Å²) in [5.41, 5.74) is 0.480. The minimum absolute atomic E-state index is 0.122. The Morgan fingerprint density at radius 1 is 1.10 bits per heavy atom. The second kappa shape index (κ2) is 11.3. The summed E-state index contributed by atoms with van der Waals surface area (Å²) in [6.45, 7) is 3.81. The van der Waals surface area contributed by atoms with E-state index in [0.717, 1.165) is 18.0 Å². The van der Waals surface area contributed by atoms with Gasteiger partial charge in [-0.1, -0.05) is 25.3 Å². The second-order valence-electron chi connectivity index (χ2n) is 8.41. The monoisotopic (exact) mass is 406 g/mol. The number of anilines is 1. The van der Waals surface area contributed by atoms with Crippen molar-refractivity contribution < 1.29 is 24.2 Å². The molecule has 1 saturated carbocycles. The van der Waals surface area contributed by atoms with Gasteiger partial charge in [-0.15, -0.1) is 0 Å². The molecule has 0 radical (unpaired) electrons. The maximum absolute atomic E-state index is 13.2. The minimum Gasteiger partial charge on any atom is -0.336 e. The van der Waals surface area contributed by atoms with E-state index < -0.39 is 0 Å². The van der Waals surface area contributed by atoms with Gasteiger partial charge < -0.3 is 20.4 Å². The van der Waals surface area contributed by atoms with E-state index in [1.807, 2.05) is 4.90 Å². The first-order valence-electron chi connectivity index (χ1n) is 11.1. The van der Waals surface area contributed by atoms with Crippen LogP contribution in [0.25, 0.3) is 0 Å². The summed E-state index contributed by atoms with van der Waals surface area (Å²) in [5, 5.41) is 4.99. The summed E-state index contributed by atoms with van der Waals surface area (Å²) < 4.78 is 13.2. The molecule has 2 fully saturated rings. The Kier molecular flexibility index (Phi) is 8.43. The molecular weight excluding hydrogens is 371 g/mol. The van der Waals surface area contributed by atoms with Gasteiger partial charge in [0.15, 0.2) is 13.1 Å². The molecule has 7 heteroatoms. The molecule has 4 N–H and O–H groups in total. The SMILES string of the molecule is O=C(C[NH+]1CCN(C(=O)C[NH2+]C2CCCCCCC2)CC1)Nc1cccc(F)c1. The lowest BCUT2D eigenvalue weighted by molar-refractivity contribution is -0.895. The molecule has 29 heavy (non-hydrogen) atoms. The Morgan fingerprint density at radius 2 is 1.79 bits per heavy atom. The normalized spacial score (nSPS) is 19.4. The minimum atomic E-state index is -0.363. The number of hydrogen-bond acceptors (Lipinski definition) is 2. The van der Waals surface area contributed by atoms with Crippen molar-refractivity contribution >= 4 is 17.5 Å². The van der Waals surface area contributed by atoms with E-state index in [2.05, 4.69) is 10.6 Å². The summed E-state index contributed by atoms with van der Waals surface area (Å²) >= 11 is 0. The third-order valence-electron chi connectivity index (χ3n) is 6.12. The third-order valence-corrected chi connectivity index (χ3v) is 6.12. The van der Waals surface area contributed by atoms with Crippen LogP contribution >= 0.6 is 0 Å². The van der Waals surface area contributed by atoms with Crippen LogP contribution in [0.5, 0.6) is 0 Å². The van der Waals surface area contributed by atoms with Gasteiger partial charge in [0.1, 0.15) is 5.82 Å². The van der Waals surface area contributed by atoms with E-state index in [0.29, 0.717) is 37.9 Å².